The number of carbonyl (C=O) groups is 1. The predicted octanol–water partition coefficient (Wildman–Crippen LogP) is 4.96. The van der Waals surface area contributed by atoms with Gasteiger partial charge in [-0.1, -0.05) is 50.3 Å². The maximum Gasteiger partial charge on any atom is 0.329 e. The van der Waals surface area contributed by atoms with Crippen molar-refractivity contribution in [3.8, 4) is 0 Å². The average Bonchev–Trinajstić information content (AvgIpc) is 2.63. The minimum absolute atomic E-state index is 0.623. The zero-order valence-corrected chi connectivity index (χ0v) is 13.3. The van der Waals surface area contributed by atoms with Crippen molar-refractivity contribution in [3.63, 3.8) is 0 Å². The molecule has 0 spiro atoms. The van der Waals surface area contributed by atoms with Gasteiger partial charge in [-0.15, -0.1) is 0 Å². The number of hydrogen-bond donors (Lipinski definition) is 2. The van der Waals surface area contributed by atoms with Crippen LogP contribution in [0.3, 0.4) is 0 Å². The normalized spacial score (nSPS) is 26.1. The molecular weight excluding hydrogens is 286 g/mol. The number of benzene rings is 1. The molecule has 1 aromatic rings. The molecule has 0 heterocycles. The molecule has 116 valence electrons. The standard InChI is InChI=1S/C17H24ClNO2/c1-2-5-13-6-4-10-17(11-9-13,16(20)21)19-15-8-3-7-14(18)12-15/h3,7-8,12-13,19H,2,4-6,9-11H2,1H3,(H,20,21). The van der Waals surface area contributed by atoms with Crippen LogP contribution in [0.1, 0.15) is 51.9 Å². The Balaban J connectivity index is 2.15. The van der Waals surface area contributed by atoms with E-state index in [4.69, 9.17) is 11.6 Å². The molecule has 1 aromatic carbocycles. The second-order valence-electron chi connectivity index (χ2n) is 6.11. The fourth-order valence-corrected chi connectivity index (χ4v) is 3.53. The first-order valence-corrected chi connectivity index (χ1v) is 8.21. The summed E-state index contributed by atoms with van der Waals surface area (Å²) in [5, 5.41) is 13.6. The highest BCUT2D eigenvalue weighted by Gasteiger charge is 2.40. The van der Waals surface area contributed by atoms with Crippen LogP contribution in [0.25, 0.3) is 0 Å². The van der Waals surface area contributed by atoms with Gasteiger partial charge in [0.15, 0.2) is 0 Å². The molecule has 2 N–H and O–H groups in total. The summed E-state index contributed by atoms with van der Waals surface area (Å²) in [6.45, 7) is 2.19. The molecule has 1 saturated carbocycles. The fraction of sp³-hybridized carbons (Fsp3) is 0.588. The van der Waals surface area contributed by atoms with Gasteiger partial charge in [-0.2, -0.15) is 0 Å². The van der Waals surface area contributed by atoms with Crippen molar-refractivity contribution in [2.75, 3.05) is 5.32 Å². The Hall–Kier alpha value is -1.22. The van der Waals surface area contributed by atoms with Gasteiger partial charge in [-0.05, 0) is 43.4 Å². The van der Waals surface area contributed by atoms with Crippen LogP contribution in [-0.4, -0.2) is 16.6 Å². The first-order valence-electron chi connectivity index (χ1n) is 7.83. The van der Waals surface area contributed by atoms with E-state index in [0.29, 0.717) is 23.8 Å². The number of rotatable bonds is 5. The smallest absolute Gasteiger partial charge is 0.329 e. The average molecular weight is 310 g/mol. The SMILES string of the molecule is CCCC1CCCC(Nc2cccc(Cl)c2)(C(=O)O)CC1. The van der Waals surface area contributed by atoms with Gasteiger partial charge < -0.3 is 10.4 Å². The fourth-order valence-electron chi connectivity index (χ4n) is 3.34. The zero-order chi connectivity index (χ0) is 15.3. The third kappa shape index (κ3) is 4.13. The third-order valence-electron chi connectivity index (χ3n) is 4.51. The monoisotopic (exact) mass is 309 g/mol. The highest BCUT2D eigenvalue weighted by atomic mass is 35.5. The Bertz CT molecular complexity index is 491. The van der Waals surface area contributed by atoms with Crippen molar-refractivity contribution in [2.45, 2.75) is 57.4 Å². The van der Waals surface area contributed by atoms with E-state index >= 15 is 0 Å². The van der Waals surface area contributed by atoms with E-state index in [9.17, 15) is 9.90 Å². The molecule has 1 fully saturated rings. The quantitative estimate of drug-likeness (QED) is 0.756. The predicted molar refractivity (Wildman–Crippen MR) is 86.9 cm³/mol. The van der Waals surface area contributed by atoms with Crippen molar-refractivity contribution in [2.24, 2.45) is 5.92 Å². The van der Waals surface area contributed by atoms with Crippen molar-refractivity contribution in [1.29, 1.82) is 0 Å². The second-order valence-corrected chi connectivity index (χ2v) is 6.54. The third-order valence-corrected chi connectivity index (χ3v) is 4.74. The van der Waals surface area contributed by atoms with Gasteiger partial charge in [-0.25, -0.2) is 4.79 Å². The maximum absolute atomic E-state index is 11.9. The van der Waals surface area contributed by atoms with Crippen LogP contribution in [0.15, 0.2) is 24.3 Å². The summed E-state index contributed by atoms with van der Waals surface area (Å²) in [5.74, 6) is -0.0861. The van der Waals surface area contributed by atoms with E-state index in [0.717, 1.165) is 24.9 Å². The number of aliphatic carboxylic acids is 1. The topological polar surface area (TPSA) is 49.3 Å². The van der Waals surface area contributed by atoms with Gasteiger partial charge in [0.05, 0.1) is 0 Å². The lowest BCUT2D eigenvalue weighted by Crippen LogP contribution is -2.46. The van der Waals surface area contributed by atoms with E-state index in [2.05, 4.69) is 12.2 Å². The first-order chi connectivity index (χ1) is 10.1. The largest absolute Gasteiger partial charge is 0.480 e. The molecule has 1 aliphatic carbocycles. The number of carboxylic acid groups (broad SMARTS) is 1. The van der Waals surface area contributed by atoms with E-state index in [-0.39, 0.29) is 0 Å². The molecule has 1 aliphatic rings. The number of carboxylic acids is 1. The Morgan fingerprint density at radius 2 is 2.24 bits per heavy atom. The molecular formula is C17H24ClNO2. The summed E-state index contributed by atoms with van der Waals surface area (Å²) in [7, 11) is 0. The maximum atomic E-state index is 11.9. The van der Waals surface area contributed by atoms with E-state index in [1.54, 1.807) is 12.1 Å². The van der Waals surface area contributed by atoms with Crippen molar-refractivity contribution < 1.29 is 9.90 Å². The number of halogens is 1. The minimum Gasteiger partial charge on any atom is -0.480 e. The number of hydrogen-bond acceptors (Lipinski definition) is 2. The van der Waals surface area contributed by atoms with E-state index in [1.165, 1.54) is 12.8 Å². The van der Waals surface area contributed by atoms with Gasteiger partial charge in [0.2, 0.25) is 0 Å². The van der Waals surface area contributed by atoms with Crippen LogP contribution < -0.4 is 5.32 Å². The van der Waals surface area contributed by atoms with Crippen LogP contribution in [0, 0.1) is 5.92 Å². The minimum atomic E-state index is -0.854. The summed E-state index contributed by atoms with van der Waals surface area (Å²) < 4.78 is 0. The molecule has 0 aliphatic heterocycles. The zero-order valence-electron chi connectivity index (χ0n) is 12.6. The number of anilines is 1. The van der Waals surface area contributed by atoms with Gasteiger partial charge in [-0.3, -0.25) is 0 Å². The Morgan fingerprint density at radius 1 is 1.43 bits per heavy atom. The van der Waals surface area contributed by atoms with Gasteiger partial charge in [0.1, 0.15) is 5.54 Å². The molecule has 0 radical (unpaired) electrons. The van der Waals surface area contributed by atoms with Crippen LogP contribution in [0.2, 0.25) is 5.02 Å². The highest BCUT2D eigenvalue weighted by molar-refractivity contribution is 6.30. The highest BCUT2D eigenvalue weighted by Crippen LogP contribution is 2.35. The molecule has 4 heteroatoms. The Morgan fingerprint density at radius 3 is 2.90 bits per heavy atom. The molecule has 0 aromatic heterocycles. The number of nitrogens with one attached hydrogen (secondary N) is 1. The lowest BCUT2D eigenvalue weighted by Gasteiger charge is -2.30. The van der Waals surface area contributed by atoms with Crippen LogP contribution >= 0.6 is 11.6 Å². The molecule has 0 saturated heterocycles. The summed E-state index contributed by atoms with van der Waals surface area (Å²) in [6.07, 6.45) is 6.81. The molecule has 2 atom stereocenters. The molecule has 0 amide bonds. The Labute approximate surface area is 131 Å². The molecule has 2 unspecified atom stereocenters. The van der Waals surface area contributed by atoms with Gasteiger partial charge in [0.25, 0.3) is 0 Å². The second kappa shape index (κ2) is 7.17. The molecule has 0 bridgehead atoms. The Kier molecular flexibility index (Phi) is 5.51. The summed E-state index contributed by atoms with van der Waals surface area (Å²) in [5.41, 5.74) is -0.0634. The lowest BCUT2D eigenvalue weighted by molar-refractivity contribution is -0.142. The van der Waals surface area contributed by atoms with Crippen LogP contribution in [0.4, 0.5) is 5.69 Å². The van der Waals surface area contributed by atoms with Crippen molar-refractivity contribution in [1.82, 2.24) is 0 Å². The van der Waals surface area contributed by atoms with Crippen LogP contribution in [-0.2, 0) is 4.79 Å². The first kappa shape index (κ1) is 16.2. The lowest BCUT2D eigenvalue weighted by atomic mass is 9.88. The van der Waals surface area contributed by atoms with Crippen LogP contribution in [0.5, 0.6) is 0 Å². The van der Waals surface area contributed by atoms with Crippen molar-refractivity contribution >= 4 is 23.3 Å². The van der Waals surface area contributed by atoms with E-state index in [1.807, 2.05) is 12.1 Å². The summed E-state index contributed by atoms with van der Waals surface area (Å²) >= 11 is 6.00. The van der Waals surface area contributed by atoms with Gasteiger partial charge >= 0.3 is 5.97 Å². The van der Waals surface area contributed by atoms with E-state index < -0.39 is 11.5 Å². The molecule has 2 rings (SSSR count). The van der Waals surface area contributed by atoms with Gasteiger partial charge in [0, 0.05) is 10.7 Å². The summed E-state index contributed by atoms with van der Waals surface area (Å²) in [4.78, 5) is 11.9. The summed E-state index contributed by atoms with van der Waals surface area (Å²) in [6, 6.07) is 7.31. The molecule has 21 heavy (non-hydrogen) atoms. The van der Waals surface area contributed by atoms with Crippen molar-refractivity contribution in [3.05, 3.63) is 29.3 Å². The molecule has 3 nitrogen and oxygen atoms in total.